The van der Waals surface area contributed by atoms with Crippen LogP contribution >= 0.6 is 0 Å². The number of likely N-dealkylation sites (N-methyl/N-ethyl adjacent to an activating group) is 1. The molecule has 0 spiro atoms. The molecule has 3 N–H and O–H groups in total. The van der Waals surface area contributed by atoms with Crippen molar-refractivity contribution in [2.75, 3.05) is 48.8 Å². The maximum atomic E-state index is 13.6. The van der Waals surface area contributed by atoms with E-state index in [1.165, 1.54) is 7.11 Å². The number of amides is 5. The number of hydrogen-bond acceptors (Lipinski definition) is 8. The molecule has 2 aliphatic heterocycles. The number of para-hydroxylation sites is 1. The first-order chi connectivity index (χ1) is 28.3. The van der Waals surface area contributed by atoms with Crippen LogP contribution in [0.4, 0.5) is 21.9 Å². The van der Waals surface area contributed by atoms with Gasteiger partial charge >= 0.3 is 6.09 Å². The van der Waals surface area contributed by atoms with Crippen molar-refractivity contribution in [3.63, 3.8) is 0 Å². The monoisotopic (exact) mass is 809 g/mol. The number of rotatable bonds is 16. The normalized spacial score (nSPS) is 17.6. The molecule has 0 aromatic heterocycles. The van der Waals surface area contributed by atoms with E-state index in [-0.39, 0.29) is 29.7 Å². The summed E-state index contributed by atoms with van der Waals surface area (Å²) < 4.78 is 4.76. The Kier molecular flexibility index (Phi) is 15.5. The summed E-state index contributed by atoms with van der Waals surface area (Å²) in [6, 6.07) is 23.5. The molecular formula is C46H63N7O6. The summed E-state index contributed by atoms with van der Waals surface area (Å²) in [6.45, 7) is 15.5. The molecule has 0 unspecified atom stereocenters. The Labute approximate surface area is 349 Å². The molecule has 5 rings (SSSR count). The first-order valence-electron chi connectivity index (χ1n) is 21.1. The number of methoxy groups -OCH3 is 1. The van der Waals surface area contributed by atoms with Gasteiger partial charge in [-0.15, -0.1) is 0 Å². The van der Waals surface area contributed by atoms with Gasteiger partial charge in [0.05, 0.1) is 13.2 Å². The van der Waals surface area contributed by atoms with Crippen molar-refractivity contribution < 1.29 is 28.7 Å². The third-order valence-electron chi connectivity index (χ3n) is 11.5. The lowest BCUT2D eigenvalue weighted by molar-refractivity contribution is -0.141. The van der Waals surface area contributed by atoms with Gasteiger partial charge in [-0.2, -0.15) is 0 Å². The lowest BCUT2D eigenvalue weighted by Crippen LogP contribution is -2.57. The molecule has 0 radical (unpaired) electrons. The van der Waals surface area contributed by atoms with E-state index in [2.05, 4.69) is 51.7 Å². The van der Waals surface area contributed by atoms with Gasteiger partial charge in [0.1, 0.15) is 18.1 Å². The molecule has 0 aliphatic carbocycles. The molecule has 318 valence electrons. The van der Waals surface area contributed by atoms with Crippen molar-refractivity contribution in [1.82, 2.24) is 20.0 Å². The zero-order valence-corrected chi connectivity index (χ0v) is 35.8. The molecule has 13 nitrogen and oxygen atoms in total. The number of nitrogens with one attached hydrogen (secondary N) is 3. The Bertz CT molecular complexity index is 1880. The highest BCUT2D eigenvalue weighted by atomic mass is 16.5. The van der Waals surface area contributed by atoms with Crippen molar-refractivity contribution in [2.45, 2.75) is 111 Å². The fraction of sp³-hybridized carbons (Fsp3) is 0.500. The number of carbonyl (C=O) groups excluding carboxylic acids is 5. The molecule has 4 atom stereocenters. The van der Waals surface area contributed by atoms with E-state index >= 15 is 0 Å². The summed E-state index contributed by atoms with van der Waals surface area (Å²) in [6.07, 6.45) is 2.69. The number of anilines is 3. The van der Waals surface area contributed by atoms with E-state index in [0.29, 0.717) is 63.2 Å². The molecule has 3 aromatic carbocycles. The SMILES string of the molecule is CC[C@H](C(=O)N1CCC[C@H]1C(=O)Nc1ccc(CN(Cc2ccc(NC(=O)[C@@H]3CCCN3C(=O)[C@@H](NC(=O)OC)C(C)(C)C)cc2)c2ccccc2)cc1)N(CC)CC. The van der Waals surface area contributed by atoms with Crippen LogP contribution in [-0.4, -0.2) is 102 Å². The predicted octanol–water partition coefficient (Wildman–Crippen LogP) is 6.64. The molecule has 13 heteroatoms. The molecule has 0 bridgehead atoms. The Balaban J connectivity index is 1.21. The number of hydrogen-bond donors (Lipinski definition) is 3. The Morgan fingerprint density at radius 1 is 0.712 bits per heavy atom. The van der Waals surface area contributed by atoms with Crippen molar-refractivity contribution in [3.8, 4) is 0 Å². The second-order valence-electron chi connectivity index (χ2n) is 16.5. The van der Waals surface area contributed by atoms with Gasteiger partial charge in [-0.05, 0) is 98.1 Å². The summed E-state index contributed by atoms with van der Waals surface area (Å²) >= 11 is 0. The van der Waals surface area contributed by atoms with Gasteiger partial charge in [0.15, 0.2) is 0 Å². The predicted molar refractivity (Wildman–Crippen MR) is 232 cm³/mol. The van der Waals surface area contributed by atoms with Gasteiger partial charge in [0.2, 0.25) is 23.6 Å². The summed E-state index contributed by atoms with van der Waals surface area (Å²) in [5, 5.41) is 8.73. The van der Waals surface area contributed by atoms with Crippen LogP contribution in [0, 0.1) is 5.41 Å². The minimum atomic E-state index is -0.850. The minimum Gasteiger partial charge on any atom is -0.453 e. The van der Waals surface area contributed by atoms with Crippen LogP contribution in [0.3, 0.4) is 0 Å². The number of benzene rings is 3. The molecule has 59 heavy (non-hydrogen) atoms. The molecule has 2 fully saturated rings. The van der Waals surface area contributed by atoms with Crippen LogP contribution in [0.5, 0.6) is 0 Å². The molecular weight excluding hydrogens is 747 g/mol. The van der Waals surface area contributed by atoms with Crippen molar-refractivity contribution >= 4 is 46.8 Å². The van der Waals surface area contributed by atoms with Crippen molar-refractivity contribution in [3.05, 3.63) is 90.0 Å². The number of ether oxygens (including phenoxy) is 1. The van der Waals surface area contributed by atoms with Crippen molar-refractivity contribution in [1.29, 1.82) is 0 Å². The van der Waals surface area contributed by atoms with Crippen LogP contribution < -0.4 is 20.9 Å². The zero-order chi connectivity index (χ0) is 42.7. The van der Waals surface area contributed by atoms with E-state index in [1.807, 2.05) is 94.4 Å². The van der Waals surface area contributed by atoms with Gasteiger partial charge in [0.25, 0.3) is 0 Å². The number of alkyl carbamates (subject to hydrolysis) is 1. The van der Waals surface area contributed by atoms with Crippen LogP contribution in [0.2, 0.25) is 0 Å². The number of carbonyl (C=O) groups is 5. The van der Waals surface area contributed by atoms with Crippen LogP contribution in [-0.2, 0) is 37.0 Å². The van der Waals surface area contributed by atoms with Crippen molar-refractivity contribution in [2.24, 2.45) is 5.41 Å². The minimum absolute atomic E-state index is 0.0375. The second-order valence-corrected chi connectivity index (χ2v) is 16.5. The Hall–Kier alpha value is -5.43. The fourth-order valence-corrected chi connectivity index (χ4v) is 8.20. The third kappa shape index (κ3) is 11.4. The second kappa shape index (κ2) is 20.5. The van der Waals surface area contributed by atoms with Gasteiger partial charge < -0.3 is 35.4 Å². The summed E-state index contributed by atoms with van der Waals surface area (Å²) in [7, 11) is 1.25. The third-order valence-corrected chi connectivity index (χ3v) is 11.5. The Morgan fingerprint density at radius 3 is 1.61 bits per heavy atom. The van der Waals surface area contributed by atoms with E-state index in [1.54, 1.807) is 9.80 Å². The fourth-order valence-electron chi connectivity index (χ4n) is 8.20. The average molecular weight is 810 g/mol. The molecule has 2 saturated heterocycles. The van der Waals surface area contributed by atoms with E-state index in [0.717, 1.165) is 36.3 Å². The highest BCUT2D eigenvalue weighted by Gasteiger charge is 2.42. The van der Waals surface area contributed by atoms with E-state index < -0.39 is 29.6 Å². The van der Waals surface area contributed by atoms with Crippen LogP contribution in [0.1, 0.15) is 84.8 Å². The van der Waals surface area contributed by atoms with Gasteiger partial charge in [-0.1, -0.05) is 84.0 Å². The molecule has 2 heterocycles. The topological polar surface area (TPSA) is 144 Å². The average Bonchev–Trinajstić information content (AvgIpc) is 3.94. The standard InChI is InChI=1S/C46H63N7O6/c1-8-37(50(9-2)10-3)43(56)52-28-14-18-38(52)41(54)47-34-24-20-32(21-25-34)30-51(36-16-12-11-13-17-36)31-33-22-26-35(27-23-33)48-42(55)39-19-15-29-53(39)44(57)40(46(4,5)6)49-45(58)59-7/h11-13,16-17,20-27,37-40H,8-10,14-15,18-19,28-31H2,1-7H3,(H,47,54)(H,48,55)(H,49,58)/t37-,38+,39+,40-/m1/s1. The maximum absolute atomic E-state index is 13.6. The largest absolute Gasteiger partial charge is 0.453 e. The first kappa shape index (κ1) is 44.7. The molecule has 0 saturated carbocycles. The van der Waals surface area contributed by atoms with Crippen LogP contribution in [0.25, 0.3) is 0 Å². The van der Waals surface area contributed by atoms with Crippen LogP contribution in [0.15, 0.2) is 78.9 Å². The summed E-state index contributed by atoms with van der Waals surface area (Å²) in [4.78, 5) is 74.1. The van der Waals surface area contributed by atoms with Gasteiger partial charge in [-0.3, -0.25) is 24.1 Å². The first-order valence-corrected chi connectivity index (χ1v) is 21.1. The van der Waals surface area contributed by atoms with E-state index in [9.17, 15) is 24.0 Å². The molecule has 5 amide bonds. The number of nitrogens with zero attached hydrogens (tertiary/aromatic N) is 4. The molecule has 3 aromatic rings. The summed E-state index contributed by atoms with van der Waals surface area (Å²) in [5.41, 5.74) is 3.87. The highest BCUT2D eigenvalue weighted by Crippen LogP contribution is 2.28. The quantitative estimate of drug-likeness (QED) is 0.146. The zero-order valence-electron chi connectivity index (χ0n) is 35.8. The smallest absolute Gasteiger partial charge is 0.407 e. The summed E-state index contributed by atoms with van der Waals surface area (Å²) in [5.74, 6) is -0.694. The number of likely N-dealkylation sites (tertiary alicyclic amines) is 2. The lowest BCUT2D eigenvalue weighted by atomic mass is 9.85. The Morgan fingerprint density at radius 2 is 1.19 bits per heavy atom. The lowest BCUT2D eigenvalue weighted by Gasteiger charge is -2.35. The molecule has 2 aliphatic rings. The highest BCUT2D eigenvalue weighted by molar-refractivity contribution is 5.99. The van der Waals surface area contributed by atoms with Gasteiger partial charge in [0, 0.05) is 43.2 Å². The van der Waals surface area contributed by atoms with E-state index in [4.69, 9.17) is 4.74 Å². The van der Waals surface area contributed by atoms with Gasteiger partial charge in [-0.25, -0.2) is 4.79 Å². The maximum Gasteiger partial charge on any atom is 0.407 e.